The van der Waals surface area contributed by atoms with Crippen molar-refractivity contribution in [2.24, 2.45) is 5.73 Å². The number of alkyl halides is 3. The normalized spacial score (nSPS) is 16.7. The number of nitrogens with zero attached hydrogens (tertiary/aromatic N) is 1. The number of primary amides is 1. The lowest BCUT2D eigenvalue weighted by atomic mass is 10.1. The molecule has 0 spiro atoms. The molecule has 0 bridgehead atoms. The van der Waals surface area contributed by atoms with Crippen LogP contribution in [0.4, 0.5) is 24.5 Å². The quantitative estimate of drug-likeness (QED) is 0.330. The molecule has 1 aliphatic rings. The average Bonchev–Trinajstić information content (AvgIpc) is 3.57. The number of hydrogen-bond acceptors (Lipinski definition) is 7. The molecule has 5 N–H and O–H groups in total. The lowest BCUT2D eigenvalue weighted by Crippen LogP contribution is -2.19. The highest BCUT2D eigenvalue weighted by Crippen LogP contribution is 2.35. The van der Waals surface area contributed by atoms with Gasteiger partial charge in [-0.15, -0.1) is 0 Å². The number of nitrogens with two attached hydrogens (primary N) is 1. The minimum atomic E-state index is -4.53. The first kappa shape index (κ1) is 24.8. The molecule has 1 aliphatic heterocycles. The third-order valence-corrected chi connectivity index (χ3v) is 5.18. The Morgan fingerprint density at radius 2 is 1.75 bits per heavy atom. The molecule has 1 saturated heterocycles. The van der Waals surface area contributed by atoms with Crippen molar-refractivity contribution in [1.82, 2.24) is 10.3 Å². The molecule has 0 saturated carbocycles. The Balaban J connectivity index is 1.37. The highest BCUT2D eigenvalue weighted by atomic mass is 19.4. The maximum Gasteiger partial charge on any atom is 0.416 e. The van der Waals surface area contributed by atoms with E-state index in [1.165, 1.54) is 25.4 Å². The molecule has 2 heterocycles. The molecular weight excluding hydrogens is 479 g/mol. The van der Waals surface area contributed by atoms with Gasteiger partial charge in [-0.05, 0) is 48.0 Å². The number of anilines is 2. The molecule has 188 valence electrons. The van der Waals surface area contributed by atoms with Gasteiger partial charge in [0.15, 0.2) is 12.5 Å². The van der Waals surface area contributed by atoms with Crippen molar-refractivity contribution >= 4 is 23.2 Å². The zero-order valence-corrected chi connectivity index (χ0v) is 18.9. The summed E-state index contributed by atoms with van der Waals surface area (Å²) in [6.45, 7) is 0. The van der Waals surface area contributed by atoms with Gasteiger partial charge in [0.1, 0.15) is 17.2 Å². The lowest BCUT2D eigenvalue weighted by Gasteiger charge is -2.14. The van der Waals surface area contributed by atoms with Gasteiger partial charge < -0.3 is 31.2 Å². The van der Waals surface area contributed by atoms with Gasteiger partial charge in [0, 0.05) is 30.7 Å². The topological polar surface area (TPSA) is 131 Å². The Morgan fingerprint density at radius 3 is 2.42 bits per heavy atom. The fraction of sp³-hybridized carbons (Fsp3) is 0.208. The molecule has 1 fully saturated rings. The van der Waals surface area contributed by atoms with Crippen LogP contribution in [0, 0.1) is 0 Å². The molecule has 0 aliphatic carbocycles. The predicted octanol–water partition coefficient (Wildman–Crippen LogP) is 3.49. The molecule has 9 nitrogen and oxygen atoms in total. The minimum absolute atomic E-state index is 0.121. The van der Waals surface area contributed by atoms with Gasteiger partial charge in [0.2, 0.25) is 5.91 Å². The zero-order chi connectivity index (χ0) is 25.9. The van der Waals surface area contributed by atoms with Crippen LogP contribution in [0.25, 0.3) is 0 Å². The Hall–Kier alpha value is -4.32. The SMILES string of the molecule is CNC(=O)c1cc(Oc2ccc(NC3OC3Nc3cc(C(F)(F)F)ccc3CC(N)=O)cc2)ccn1. The lowest BCUT2D eigenvalue weighted by molar-refractivity contribution is -0.137. The van der Waals surface area contributed by atoms with Crippen molar-refractivity contribution in [3.8, 4) is 11.5 Å². The standard InChI is InChI=1S/C24H22F3N5O4/c1-29-21(34)19-12-17(8-9-30-19)35-16-6-4-15(5-7-16)31-22-23(36-22)32-18-11-14(24(25,26)27)3-2-13(18)10-20(28)33/h2-9,11-12,22-23,31-32H,10H2,1H3,(H2,28,33)(H,29,34). The third kappa shape index (κ3) is 6.21. The molecule has 4 rings (SSSR count). The van der Waals surface area contributed by atoms with Crippen LogP contribution in [-0.2, 0) is 22.1 Å². The summed E-state index contributed by atoms with van der Waals surface area (Å²) in [5.41, 5.74) is 5.72. The molecule has 2 atom stereocenters. The molecule has 1 aromatic heterocycles. The van der Waals surface area contributed by atoms with Crippen LogP contribution in [0.2, 0.25) is 0 Å². The van der Waals surface area contributed by atoms with Gasteiger partial charge in [-0.2, -0.15) is 13.2 Å². The number of carbonyl (C=O) groups excluding carboxylic acids is 2. The van der Waals surface area contributed by atoms with Crippen LogP contribution in [0.15, 0.2) is 60.8 Å². The van der Waals surface area contributed by atoms with Crippen molar-refractivity contribution in [2.75, 3.05) is 17.7 Å². The van der Waals surface area contributed by atoms with E-state index in [1.54, 1.807) is 30.3 Å². The van der Waals surface area contributed by atoms with E-state index in [2.05, 4.69) is 20.9 Å². The number of nitrogens with one attached hydrogen (secondary N) is 3. The average molecular weight is 501 g/mol. The summed E-state index contributed by atoms with van der Waals surface area (Å²) in [5, 5.41) is 8.47. The molecular formula is C24H22F3N5O4. The van der Waals surface area contributed by atoms with E-state index >= 15 is 0 Å². The van der Waals surface area contributed by atoms with E-state index < -0.39 is 30.1 Å². The maximum atomic E-state index is 13.1. The first-order valence-corrected chi connectivity index (χ1v) is 10.8. The molecule has 2 unspecified atom stereocenters. The van der Waals surface area contributed by atoms with E-state index in [0.717, 1.165) is 12.1 Å². The second-order valence-corrected chi connectivity index (χ2v) is 7.86. The first-order valence-electron chi connectivity index (χ1n) is 10.8. The summed E-state index contributed by atoms with van der Waals surface area (Å²) >= 11 is 0. The predicted molar refractivity (Wildman–Crippen MR) is 124 cm³/mol. The van der Waals surface area contributed by atoms with Crippen LogP contribution in [-0.4, -0.2) is 36.3 Å². The van der Waals surface area contributed by atoms with E-state index in [4.69, 9.17) is 15.2 Å². The van der Waals surface area contributed by atoms with E-state index in [1.807, 2.05) is 0 Å². The summed E-state index contributed by atoms with van der Waals surface area (Å²) in [6, 6.07) is 13.1. The maximum absolute atomic E-state index is 13.1. The third-order valence-electron chi connectivity index (χ3n) is 5.18. The number of carbonyl (C=O) groups is 2. The van der Waals surface area contributed by atoms with Crippen LogP contribution in [0.1, 0.15) is 21.6 Å². The molecule has 3 aromatic rings. The summed E-state index contributed by atoms with van der Waals surface area (Å²) in [4.78, 5) is 27.0. The van der Waals surface area contributed by atoms with E-state index in [-0.39, 0.29) is 23.7 Å². The van der Waals surface area contributed by atoms with Gasteiger partial charge in [0.25, 0.3) is 5.91 Å². The molecule has 2 amide bonds. The van der Waals surface area contributed by atoms with Crippen LogP contribution >= 0.6 is 0 Å². The number of halogens is 3. The Kier molecular flexibility index (Phi) is 6.97. The summed E-state index contributed by atoms with van der Waals surface area (Å²) in [6.07, 6.45) is -4.41. The first-order chi connectivity index (χ1) is 17.1. The van der Waals surface area contributed by atoms with Crippen molar-refractivity contribution in [3.63, 3.8) is 0 Å². The highest BCUT2D eigenvalue weighted by molar-refractivity contribution is 5.92. The van der Waals surface area contributed by atoms with Crippen molar-refractivity contribution < 1.29 is 32.2 Å². The fourth-order valence-corrected chi connectivity index (χ4v) is 3.36. The number of benzene rings is 2. The second kappa shape index (κ2) is 10.1. The van der Waals surface area contributed by atoms with Crippen molar-refractivity contribution in [1.29, 1.82) is 0 Å². The number of rotatable bonds is 9. The second-order valence-electron chi connectivity index (χ2n) is 7.86. The van der Waals surface area contributed by atoms with Crippen LogP contribution in [0.5, 0.6) is 11.5 Å². The Morgan fingerprint density at radius 1 is 1.03 bits per heavy atom. The van der Waals surface area contributed by atoms with Gasteiger partial charge in [-0.25, -0.2) is 0 Å². The van der Waals surface area contributed by atoms with Gasteiger partial charge >= 0.3 is 6.18 Å². The van der Waals surface area contributed by atoms with Gasteiger partial charge in [-0.1, -0.05) is 6.07 Å². The fourth-order valence-electron chi connectivity index (χ4n) is 3.36. The number of amides is 2. The highest BCUT2D eigenvalue weighted by Gasteiger charge is 2.40. The largest absolute Gasteiger partial charge is 0.457 e. The molecule has 12 heteroatoms. The molecule has 0 radical (unpaired) electrons. The monoisotopic (exact) mass is 501 g/mol. The number of aromatic nitrogens is 1. The summed E-state index contributed by atoms with van der Waals surface area (Å²) < 4.78 is 50.6. The van der Waals surface area contributed by atoms with Crippen molar-refractivity contribution in [3.05, 3.63) is 77.6 Å². The Labute approximate surface area is 203 Å². The van der Waals surface area contributed by atoms with Crippen LogP contribution < -0.4 is 26.4 Å². The van der Waals surface area contributed by atoms with Gasteiger partial charge in [-0.3, -0.25) is 14.6 Å². The summed E-state index contributed by atoms with van der Waals surface area (Å²) in [7, 11) is 1.51. The number of pyridine rings is 1. The zero-order valence-electron chi connectivity index (χ0n) is 18.9. The minimum Gasteiger partial charge on any atom is -0.457 e. The number of ether oxygens (including phenoxy) is 2. The van der Waals surface area contributed by atoms with E-state index in [9.17, 15) is 22.8 Å². The number of hydrogen-bond donors (Lipinski definition) is 4. The molecule has 2 aromatic carbocycles. The smallest absolute Gasteiger partial charge is 0.416 e. The summed E-state index contributed by atoms with van der Waals surface area (Å²) in [5.74, 6) is -0.0457. The van der Waals surface area contributed by atoms with Gasteiger partial charge in [0.05, 0.1) is 12.0 Å². The van der Waals surface area contributed by atoms with E-state index in [0.29, 0.717) is 22.7 Å². The molecule has 36 heavy (non-hydrogen) atoms. The van der Waals surface area contributed by atoms with Crippen LogP contribution in [0.3, 0.4) is 0 Å². The Bertz CT molecular complexity index is 1270. The van der Waals surface area contributed by atoms with Crippen molar-refractivity contribution in [2.45, 2.75) is 25.1 Å². The number of epoxide rings is 1.